The van der Waals surface area contributed by atoms with Crippen molar-refractivity contribution >= 4 is 17.6 Å². The normalized spacial score (nSPS) is 10.1. The third kappa shape index (κ3) is 2.80. The molecule has 0 aliphatic rings. The van der Waals surface area contributed by atoms with Crippen LogP contribution < -0.4 is 0 Å². The van der Waals surface area contributed by atoms with Crippen LogP contribution in [-0.4, -0.2) is 36.1 Å². The fourth-order valence-corrected chi connectivity index (χ4v) is 1.91. The summed E-state index contributed by atoms with van der Waals surface area (Å²) in [5.41, 5.74) is 0.948. The molecule has 2 aromatic rings. The van der Waals surface area contributed by atoms with Crippen LogP contribution in [0.2, 0.25) is 0 Å². The smallest absolute Gasteiger partial charge is 0.355 e. The number of esters is 2. The van der Waals surface area contributed by atoms with E-state index in [0.29, 0.717) is 11.3 Å². The number of nitrogens with zero attached hydrogens (tertiary/aromatic N) is 1. The Hall–Kier alpha value is -3.16. The number of hydrogen-bond acceptors (Lipinski definition) is 6. The van der Waals surface area contributed by atoms with Crippen LogP contribution in [0.4, 0.5) is 5.69 Å². The van der Waals surface area contributed by atoms with Crippen LogP contribution in [0.5, 0.6) is 0 Å². The molecule has 0 bridgehead atoms. The fourth-order valence-electron chi connectivity index (χ4n) is 1.91. The topological polar surface area (TPSA) is 112 Å². The molecule has 1 aromatic heterocycles. The molecule has 0 saturated heterocycles. The summed E-state index contributed by atoms with van der Waals surface area (Å²) in [6.07, 6.45) is 0. The number of nitro benzene ring substituents is 1. The molecule has 22 heavy (non-hydrogen) atoms. The minimum Gasteiger partial charge on any atom is -0.465 e. The molecule has 0 aliphatic carbocycles. The summed E-state index contributed by atoms with van der Waals surface area (Å²) >= 11 is 0. The van der Waals surface area contributed by atoms with Gasteiger partial charge in [-0.25, -0.2) is 9.59 Å². The number of aromatic nitrogens is 1. The highest BCUT2D eigenvalue weighted by molar-refractivity contribution is 6.03. The lowest BCUT2D eigenvalue weighted by molar-refractivity contribution is -0.384. The Morgan fingerprint density at radius 2 is 1.68 bits per heavy atom. The van der Waals surface area contributed by atoms with Gasteiger partial charge < -0.3 is 14.5 Å². The Bertz CT molecular complexity index is 699. The highest BCUT2D eigenvalue weighted by atomic mass is 16.6. The molecule has 114 valence electrons. The first kappa shape index (κ1) is 15.2. The molecule has 0 fully saturated rings. The summed E-state index contributed by atoms with van der Waals surface area (Å²) in [7, 11) is 2.39. The molecule has 0 aliphatic heterocycles. The third-order valence-corrected chi connectivity index (χ3v) is 3.00. The van der Waals surface area contributed by atoms with Gasteiger partial charge in [-0.3, -0.25) is 10.1 Å². The van der Waals surface area contributed by atoms with E-state index in [4.69, 9.17) is 0 Å². The SMILES string of the molecule is COC(=O)c1cc(-c2ccc([N+](=O)[O-])cc2)[nH]c1C(=O)OC. The summed E-state index contributed by atoms with van der Waals surface area (Å²) in [4.78, 5) is 36.3. The molecule has 8 heteroatoms. The van der Waals surface area contributed by atoms with Gasteiger partial charge in [0.2, 0.25) is 0 Å². The van der Waals surface area contributed by atoms with E-state index in [-0.39, 0.29) is 16.9 Å². The zero-order valence-electron chi connectivity index (χ0n) is 11.8. The van der Waals surface area contributed by atoms with Gasteiger partial charge in [-0.15, -0.1) is 0 Å². The van der Waals surface area contributed by atoms with Crippen LogP contribution in [0.15, 0.2) is 30.3 Å². The van der Waals surface area contributed by atoms with Gasteiger partial charge in [0.25, 0.3) is 5.69 Å². The minimum absolute atomic E-state index is 0.0303. The number of carbonyl (C=O) groups excluding carboxylic acids is 2. The zero-order valence-corrected chi connectivity index (χ0v) is 11.8. The number of non-ortho nitro benzene ring substituents is 1. The number of nitro groups is 1. The average molecular weight is 304 g/mol. The van der Waals surface area contributed by atoms with Crippen molar-refractivity contribution < 1.29 is 24.0 Å². The molecule has 1 aromatic carbocycles. The van der Waals surface area contributed by atoms with Gasteiger partial charge in [-0.1, -0.05) is 0 Å². The lowest BCUT2D eigenvalue weighted by Crippen LogP contribution is -2.10. The quantitative estimate of drug-likeness (QED) is 0.526. The largest absolute Gasteiger partial charge is 0.465 e. The number of rotatable bonds is 4. The lowest BCUT2D eigenvalue weighted by Gasteiger charge is -1.99. The van der Waals surface area contributed by atoms with Crippen LogP contribution in [-0.2, 0) is 9.47 Å². The summed E-state index contributed by atoms with van der Waals surface area (Å²) in [5.74, 6) is -1.40. The maximum atomic E-state index is 11.7. The number of methoxy groups -OCH3 is 2. The van der Waals surface area contributed by atoms with Gasteiger partial charge in [0.05, 0.1) is 24.7 Å². The maximum Gasteiger partial charge on any atom is 0.355 e. The predicted molar refractivity (Wildman–Crippen MR) is 75.6 cm³/mol. The molecule has 1 heterocycles. The minimum atomic E-state index is -0.714. The molecular weight excluding hydrogens is 292 g/mol. The third-order valence-electron chi connectivity index (χ3n) is 3.00. The van der Waals surface area contributed by atoms with Gasteiger partial charge in [-0.2, -0.15) is 0 Å². The molecule has 0 spiro atoms. The Morgan fingerprint density at radius 3 is 2.18 bits per heavy atom. The van der Waals surface area contributed by atoms with Crippen LogP contribution in [0, 0.1) is 10.1 Å². The van der Waals surface area contributed by atoms with E-state index < -0.39 is 16.9 Å². The van der Waals surface area contributed by atoms with E-state index in [2.05, 4.69) is 14.5 Å². The number of nitrogens with one attached hydrogen (secondary N) is 1. The van der Waals surface area contributed by atoms with Crippen molar-refractivity contribution in [3.05, 3.63) is 51.7 Å². The summed E-state index contributed by atoms with van der Waals surface area (Å²) < 4.78 is 9.22. The molecule has 0 saturated carbocycles. The zero-order chi connectivity index (χ0) is 16.3. The Morgan fingerprint density at radius 1 is 1.09 bits per heavy atom. The second-order valence-corrected chi connectivity index (χ2v) is 4.26. The van der Waals surface area contributed by atoms with E-state index in [1.165, 1.54) is 44.6 Å². The van der Waals surface area contributed by atoms with Crippen molar-refractivity contribution in [1.29, 1.82) is 0 Å². The monoisotopic (exact) mass is 304 g/mol. The second-order valence-electron chi connectivity index (χ2n) is 4.26. The Labute approximate surface area is 124 Å². The Balaban J connectivity index is 2.47. The maximum absolute atomic E-state index is 11.7. The van der Waals surface area contributed by atoms with Gasteiger partial charge >= 0.3 is 11.9 Å². The van der Waals surface area contributed by atoms with Gasteiger partial charge in [-0.05, 0) is 23.8 Å². The number of benzene rings is 1. The molecule has 2 rings (SSSR count). The lowest BCUT2D eigenvalue weighted by atomic mass is 10.1. The van der Waals surface area contributed by atoms with Crippen molar-refractivity contribution in [3.8, 4) is 11.3 Å². The van der Waals surface area contributed by atoms with Crippen molar-refractivity contribution in [2.75, 3.05) is 14.2 Å². The van der Waals surface area contributed by atoms with E-state index in [0.717, 1.165) is 0 Å². The highest BCUT2D eigenvalue weighted by Crippen LogP contribution is 2.25. The molecule has 1 N–H and O–H groups in total. The molecule has 0 radical (unpaired) electrons. The highest BCUT2D eigenvalue weighted by Gasteiger charge is 2.22. The van der Waals surface area contributed by atoms with E-state index in [9.17, 15) is 19.7 Å². The molecule has 0 unspecified atom stereocenters. The summed E-state index contributed by atoms with van der Waals surface area (Å²) in [6.45, 7) is 0. The standard InChI is InChI=1S/C14H12N2O6/c1-21-13(17)10-7-11(15-12(10)14(18)22-2)8-3-5-9(6-4-8)16(19)20/h3-7,15H,1-2H3. The number of carbonyl (C=O) groups is 2. The average Bonchev–Trinajstić information content (AvgIpc) is 2.98. The number of hydrogen-bond donors (Lipinski definition) is 1. The fraction of sp³-hybridized carbons (Fsp3) is 0.143. The van der Waals surface area contributed by atoms with Crippen molar-refractivity contribution in [2.45, 2.75) is 0 Å². The summed E-state index contributed by atoms with van der Waals surface area (Å²) in [5, 5.41) is 10.6. The van der Waals surface area contributed by atoms with Crippen molar-refractivity contribution in [1.82, 2.24) is 4.98 Å². The van der Waals surface area contributed by atoms with Crippen LogP contribution >= 0.6 is 0 Å². The Kier molecular flexibility index (Phi) is 4.21. The van der Waals surface area contributed by atoms with E-state index in [1.807, 2.05) is 0 Å². The first-order valence-corrected chi connectivity index (χ1v) is 6.12. The van der Waals surface area contributed by atoms with Gasteiger partial charge in [0, 0.05) is 17.8 Å². The second kappa shape index (κ2) is 6.08. The number of ether oxygens (including phenoxy) is 2. The molecule has 0 atom stereocenters. The number of H-pyrrole nitrogens is 1. The van der Waals surface area contributed by atoms with Gasteiger partial charge in [0.15, 0.2) is 0 Å². The summed E-state index contributed by atoms with van der Waals surface area (Å²) in [6, 6.07) is 7.09. The van der Waals surface area contributed by atoms with Crippen molar-refractivity contribution in [2.24, 2.45) is 0 Å². The first-order chi connectivity index (χ1) is 10.5. The molecule has 0 amide bonds. The molecular formula is C14H12N2O6. The first-order valence-electron chi connectivity index (χ1n) is 6.12. The number of aromatic amines is 1. The van der Waals surface area contributed by atoms with E-state index in [1.54, 1.807) is 0 Å². The molecule has 8 nitrogen and oxygen atoms in total. The van der Waals surface area contributed by atoms with Crippen LogP contribution in [0.1, 0.15) is 20.8 Å². The van der Waals surface area contributed by atoms with E-state index >= 15 is 0 Å². The van der Waals surface area contributed by atoms with Crippen LogP contribution in [0.3, 0.4) is 0 Å². The van der Waals surface area contributed by atoms with Crippen LogP contribution in [0.25, 0.3) is 11.3 Å². The van der Waals surface area contributed by atoms with Crippen molar-refractivity contribution in [3.63, 3.8) is 0 Å². The van der Waals surface area contributed by atoms with Gasteiger partial charge in [0.1, 0.15) is 5.69 Å². The predicted octanol–water partition coefficient (Wildman–Crippen LogP) is 2.16.